The molecule has 0 amide bonds. The number of alkyl halides is 3. The highest BCUT2D eigenvalue weighted by atomic mass is 19.4. The van der Waals surface area contributed by atoms with Crippen LogP contribution in [-0.4, -0.2) is 22.3 Å². The molecule has 30 heavy (non-hydrogen) atoms. The van der Waals surface area contributed by atoms with Crippen LogP contribution in [0.1, 0.15) is 11.1 Å². The molecule has 4 nitrogen and oxygen atoms in total. The molecule has 0 radical (unpaired) electrons. The molecular formula is C23H18F3N3O. The number of halogens is 3. The Bertz CT molecular complexity index is 1200. The third kappa shape index (κ3) is 3.66. The number of nitrogens with zero attached hydrogens (tertiary/aromatic N) is 2. The highest BCUT2D eigenvalue weighted by Gasteiger charge is 2.31. The molecule has 0 bridgehead atoms. The second-order valence-corrected chi connectivity index (χ2v) is 6.87. The Labute approximate surface area is 171 Å². The van der Waals surface area contributed by atoms with Crippen molar-refractivity contribution in [2.24, 2.45) is 0 Å². The minimum atomic E-state index is -4.43. The largest absolute Gasteiger partial charge is 0.496 e. The van der Waals surface area contributed by atoms with Gasteiger partial charge >= 0.3 is 6.18 Å². The Kier molecular flexibility index (Phi) is 5.03. The molecule has 1 N–H and O–H groups in total. The number of para-hydroxylation sites is 1. The number of pyridine rings is 1. The maximum Gasteiger partial charge on any atom is 0.416 e. The van der Waals surface area contributed by atoms with Crippen LogP contribution in [-0.2, 0) is 6.18 Å². The Morgan fingerprint density at radius 2 is 1.70 bits per heavy atom. The number of benzene rings is 2. The van der Waals surface area contributed by atoms with Gasteiger partial charge in [0, 0.05) is 34.6 Å². The van der Waals surface area contributed by atoms with Gasteiger partial charge in [-0.15, -0.1) is 0 Å². The van der Waals surface area contributed by atoms with Crippen molar-refractivity contribution in [1.29, 1.82) is 0 Å². The van der Waals surface area contributed by atoms with Crippen LogP contribution in [0, 0.1) is 6.92 Å². The Morgan fingerprint density at radius 3 is 2.47 bits per heavy atom. The summed E-state index contributed by atoms with van der Waals surface area (Å²) in [4.78, 5) is 4.23. The van der Waals surface area contributed by atoms with Gasteiger partial charge in [0.15, 0.2) is 0 Å². The molecule has 4 rings (SSSR count). The van der Waals surface area contributed by atoms with E-state index in [0.717, 1.165) is 28.8 Å². The van der Waals surface area contributed by atoms with Crippen LogP contribution < -0.4 is 4.74 Å². The molecule has 0 saturated heterocycles. The van der Waals surface area contributed by atoms with Crippen molar-refractivity contribution in [2.45, 2.75) is 13.1 Å². The van der Waals surface area contributed by atoms with Gasteiger partial charge in [0.1, 0.15) is 5.75 Å². The zero-order chi connectivity index (χ0) is 21.3. The van der Waals surface area contributed by atoms with Crippen LogP contribution in [0.5, 0.6) is 5.75 Å². The van der Waals surface area contributed by atoms with Crippen LogP contribution in [0.15, 0.2) is 67.1 Å². The van der Waals surface area contributed by atoms with Crippen LogP contribution in [0.4, 0.5) is 13.2 Å². The fraction of sp³-hybridized carbons (Fsp3) is 0.130. The van der Waals surface area contributed by atoms with Crippen LogP contribution in [0.3, 0.4) is 0 Å². The molecule has 2 aromatic carbocycles. The fourth-order valence-corrected chi connectivity index (χ4v) is 3.51. The standard InChI is InChI=1S/C23H18F3N3O/c1-14-9-15(11-16(10-14)23(24,25)26)22-20(13-28-29-22)19-12-27-8-7-17(19)18-5-3-4-6-21(18)30-2/h3-13H,1-2H3,(H,28,29). The van der Waals surface area contributed by atoms with E-state index in [-0.39, 0.29) is 0 Å². The zero-order valence-electron chi connectivity index (χ0n) is 16.3. The van der Waals surface area contributed by atoms with Gasteiger partial charge in [0.25, 0.3) is 0 Å². The van der Waals surface area contributed by atoms with Gasteiger partial charge in [-0.2, -0.15) is 18.3 Å². The number of aromatic amines is 1. The summed E-state index contributed by atoms with van der Waals surface area (Å²) in [5.74, 6) is 0.685. The van der Waals surface area contributed by atoms with Crippen molar-refractivity contribution in [1.82, 2.24) is 15.2 Å². The number of hydrogen-bond acceptors (Lipinski definition) is 3. The average Bonchev–Trinajstić information content (AvgIpc) is 3.22. The first-order valence-corrected chi connectivity index (χ1v) is 9.19. The maximum absolute atomic E-state index is 13.3. The van der Waals surface area contributed by atoms with E-state index in [1.54, 1.807) is 38.7 Å². The number of methoxy groups -OCH3 is 1. The third-order valence-corrected chi connectivity index (χ3v) is 4.84. The Balaban J connectivity index is 1.90. The SMILES string of the molecule is COc1ccccc1-c1ccncc1-c1cn[nH]c1-c1cc(C)cc(C(F)(F)F)c1. The molecule has 0 fully saturated rings. The van der Waals surface area contributed by atoms with Crippen molar-refractivity contribution in [3.63, 3.8) is 0 Å². The molecule has 152 valence electrons. The van der Waals surface area contributed by atoms with Crippen molar-refractivity contribution >= 4 is 0 Å². The normalized spacial score (nSPS) is 11.5. The lowest BCUT2D eigenvalue weighted by molar-refractivity contribution is -0.137. The van der Waals surface area contributed by atoms with Crippen molar-refractivity contribution in [3.8, 4) is 39.3 Å². The topological polar surface area (TPSA) is 50.8 Å². The maximum atomic E-state index is 13.3. The monoisotopic (exact) mass is 409 g/mol. The van der Waals surface area contributed by atoms with Gasteiger partial charge in [-0.05, 0) is 48.4 Å². The summed E-state index contributed by atoms with van der Waals surface area (Å²) < 4.78 is 45.5. The predicted molar refractivity (Wildman–Crippen MR) is 109 cm³/mol. The van der Waals surface area contributed by atoms with E-state index in [9.17, 15) is 13.2 Å². The smallest absolute Gasteiger partial charge is 0.416 e. The number of aryl methyl sites for hydroxylation is 1. The molecule has 0 aliphatic carbocycles. The Morgan fingerprint density at radius 1 is 0.900 bits per heavy atom. The second-order valence-electron chi connectivity index (χ2n) is 6.87. The quantitative estimate of drug-likeness (QED) is 0.440. The minimum absolute atomic E-state index is 0.407. The summed E-state index contributed by atoms with van der Waals surface area (Å²) in [6.07, 6.45) is 0.509. The summed E-state index contributed by atoms with van der Waals surface area (Å²) in [6.45, 7) is 1.64. The van der Waals surface area contributed by atoms with E-state index in [4.69, 9.17) is 4.74 Å². The molecule has 0 spiro atoms. The molecule has 0 atom stereocenters. The lowest BCUT2D eigenvalue weighted by Gasteiger charge is -2.14. The van der Waals surface area contributed by atoms with E-state index in [1.807, 2.05) is 30.3 Å². The van der Waals surface area contributed by atoms with Gasteiger partial charge in [0.2, 0.25) is 0 Å². The number of hydrogen-bond donors (Lipinski definition) is 1. The van der Waals surface area contributed by atoms with Crippen molar-refractivity contribution < 1.29 is 17.9 Å². The molecule has 4 aromatic rings. The fourth-order valence-electron chi connectivity index (χ4n) is 3.51. The van der Waals surface area contributed by atoms with E-state index < -0.39 is 11.7 Å². The second kappa shape index (κ2) is 7.67. The van der Waals surface area contributed by atoms with E-state index in [0.29, 0.717) is 28.1 Å². The summed E-state index contributed by atoms with van der Waals surface area (Å²) in [7, 11) is 1.59. The number of rotatable bonds is 4. The highest BCUT2D eigenvalue weighted by molar-refractivity contribution is 5.91. The van der Waals surface area contributed by atoms with Crippen LogP contribution >= 0.6 is 0 Å². The third-order valence-electron chi connectivity index (χ3n) is 4.84. The summed E-state index contributed by atoms with van der Waals surface area (Å²) in [6, 6.07) is 13.4. The van der Waals surface area contributed by atoms with Gasteiger partial charge in [-0.3, -0.25) is 10.1 Å². The predicted octanol–water partition coefficient (Wildman–Crippen LogP) is 6.14. The van der Waals surface area contributed by atoms with Crippen LogP contribution in [0.2, 0.25) is 0 Å². The van der Waals surface area contributed by atoms with Crippen molar-refractivity contribution in [2.75, 3.05) is 7.11 Å². The van der Waals surface area contributed by atoms with Crippen molar-refractivity contribution in [3.05, 3.63) is 78.2 Å². The molecule has 7 heteroatoms. The van der Waals surface area contributed by atoms with Gasteiger partial charge in [-0.25, -0.2) is 0 Å². The molecule has 0 saturated carbocycles. The summed E-state index contributed by atoms with van der Waals surface area (Å²) in [5.41, 5.74) is 3.80. The van der Waals surface area contributed by atoms with Gasteiger partial charge in [0.05, 0.1) is 24.6 Å². The van der Waals surface area contributed by atoms with Gasteiger partial charge in [-0.1, -0.05) is 18.2 Å². The lowest BCUT2D eigenvalue weighted by Crippen LogP contribution is -2.05. The first-order chi connectivity index (χ1) is 14.4. The number of aromatic nitrogens is 3. The summed E-state index contributed by atoms with van der Waals surface area (Å²) >= 11 is 0. The first-order valence-electron chi connectivity index (χ1n) is 9.19. The molecular weight excluding hydrogens is 391 g/mol. The van der Waals surface area contributed by atoms with Crippen LogP contribution in [0.25, 0.3) is 33.5 Å². The number of nitrogens with one attached hydrogen (secondary N) is 1. The number of ether oxygens (including phenoxy) is 1. The van der Waals surface area contributed by atoms with E-state index in [1.165, 1.54) is 0 Å². The molecule has 0 aliphatic rings. The number of H-pyrrole nitrogens is 1. The zero-order valence-corrected chi connectivity index (χ0v) is 16.3. The first kappa shape index (κ1) is 19.7. The highest BCUT2D eigenvalue weighted by Crippen LogP contribution is 2.41. The molecule has 2 heterocycles. The molecule has 2 aromatic heterocycles. The average molecular weight is 409 g/mol. The van der Waals surface area contributed by atoms with E-state index >= 15 is 0 Å². The minimum Gasteiger partial charge on any atom is -0.496 e. The van der Waals surface area contributed by atoms with E-state index in [2.05, 4.69) is 15.2 Å². The lowest BCUT2D eigenvalue weighted by atomic mass is 9.93. The van der Waals surface area contributed by atoms with Gasteiger partial charge < -0.3 is 4.74 Å². The summed E-state index contributed by atoms with van der Waals surface area (Å²) in [5, 5.41) is 6.97. The molecule has 0 aliphatic heterocycles. The Hall–Kier alpha value is -3.61. The molecule has 0 unspecified atom stereocenters.